The minimum absolute atomic E-state index is 0.0726. The van der Waals surface area contributed by atoms with Crippen molar-refractivity contribution in [3.63, 3.8) is 0 Å². The highest BCUT2D eigenvalue weighted by Gasteiger charge is 2.06. The van der Waals surface area contributed by atoms with E-state index in [1.54, 1.807) is 0 Å². The molecule has 4 heteroatoms. The van der Waals surface area contributed by atoms with Crippen molar-refractivity contribution in [2.24, 2.45) is 0 Å². The second kappa shape index (κ2) is 5.40. The molecule has 0 aliphatic heterocycles. The molecule has 0 bridgehead atoms. The van der Waals surface area contributed by atoms with E-state index in [9.17, 15) is 4.79 Å². The van der Waals surface area contributed by atoms with Crippen LogP contribution in [0.25, 0.3) is 11.3 Å². The number of aryl methyl sites for hydroxylation is 1. The van der Waals surface area contributed by atoms with Crippen molar-refractivity contribution in [2.45, 2.75) is 20.3 Å². The van der Waals surface area contributed by atoms with Crippen LogP contribution in [-0.2, 0) is 11.2 Å². The van der Waals surface area contributed by atoms with Crippen molar-refractivity contribution < 1.29 is 4.79 Å². The van der Waals surface area contributed by atoms with Gasteiger partial charge in [-0.25, -0.2) is 0 Å². The second-order valence-electron chi connectivity index (χ2n) is 4.15. The first-order valence-corrected chi connectivity index (χ1v) is 6.64. The Kier molecular flexibility index (Phi) is 3.87. The summed E-state index contributed by atoms with van der Waals surface area (Å²) >= 11 is 3.47. The Labute approximate surface area is 115 Å². The second-order valence-corrected chi connectivity index (χ2v) is 5.01. The zero-order valence-electron chi connectivity index (χ0n) is 10.4. The van der Waals surface area contributed by atoms with E-state index in [-0.39, 0.29) is 5.91 Å². The van der Waals surface area contributed by atoms with Gasteiger partial charge in [0.25, 0.3) is 0 Å². The normalized spacial score (nSPS) is 10.4. The van der Waals surface area contributed by atoms with Gasteiger partial charge in [0, 0.05) is 23.3 Å². The Morgan fingerprint density at radius 1 is 1.39 bits per heavy atom. The van der Waals surface area contributed by atoms with E-state index in [1.165, 1.54) is 12.5 Å². The molecule has 1 aromatic heterocycles. The molecule has 0 spiro atoms. The van der Waals surface area contributed by atoms with Gasteiger partial charge in [0.15, 0.2) is 0 Å². The average Bonchev–Trinajstić information content (AvgIpc) is 2.80. The molecule has 0 radical (unpaired) electrons. The number of H-pyrrole nitrogens is 1. The molecule has 0 aliphatic rings. The number of benzene rings is 1. The molecular weight excluding hydrogens is 292 g/mol. The number of carbonyl (C=O) groups excluding carboxylic acids is 1. The van der Waals surface area contributed by atoms with Crippen LogP contribution in [0.15, 0.2) is 34.9 Å². The Bertz CT molecular complexity index is 575. The number of aromatic nitrogens is 1. The topological polar surface area (TPSA) is 44.9 Å². The van der Waals surface area contributed by atoms with Crippen LogP contribution in [0.4, 0.5) is 5.69 Å². The maximum atomic E-state index is 11.0. The van der Waals surface area contributed by atoms with Gasteiger partial charge in [-0.15, -0.1) is 0 Å². The van der Waals surface area contributed by atoms with E-state index in [4.69, 9.17) is 0 Å². The fourth-order valence-corrected chi connectivity index (χ4v) is 2.26. The maximum Gasteiger partial charge on any atom is 0.221 e. The third-order valence-corrected chi connectivity index (χ3v) is 3.40. The summed E-state index contributed by atoms with van der Waals surface area (Å²) in [7, 11) is 0. The van der Waals surface area contributed by atoms with E-state index in [2.05, 4.69) is 39.2 Å². The molecule has 0 aliphatic carbocycles. The number of hydrogen-bond donors (Lipinski definition) is 2. The highest BCUT2D eigenvalue weighted by molar-refractivity contribution is 9.10. The molecule has 3 nitrogen and oxygen atoms in total. The van der Waals surface area contributed by atoms with Crippen molar-refractivity contribution >= 4 is 27.5 Å². The number of rotatable bonds is 3. The molecule has 2 N–H and O–H groups in total. The lowest BCUT2D eigenvalue weighted by atomic mass is 10.1. The Morgan fingerprint density at radius 3 is 2.72 bits per heavy atom. The minimum Gasteiger partial charge on any atom is -0.361 e. The molecule has 94 valence electrons. The largest absolute Gasteiger partial charge is 0.361 e. The third kappa shape index (κ3) is 2.82. The monoisotopic (exact) mass is 306 g/mol. The smallest absolute Gasteiger partial charge is 0.221 e. The first-order valence-electron chi connectivity index (χ1n) is 5.85. The quantitative estimate of drug-likeness (QED) is 0.885. The summed E-state index contributed by atoms with van der Waals surface area (Å²) in [4.78, 5) is 14.3. The van der Waals surface area contributed by atoms with Gasteiger partial charge >= 0.3 is 0 Å². The number of nitrogens with one attached hydrogen (secondary N) is 2. The molecule has 18 heavy (non-hydrogen) atoms. The number of hydrogen-bond acceptors (Lipinski definition) is 1. The molecule has 2 aromatic rings. The van der Waals surface area contributed by atoms with E-state index >= 15 is 0 Å². The van der Waals surface area contributed by atoms with E-state index in [0.29, 0.717) is 0 Å². The number of anilines is 1. The zero-order valence-corrected chi connectivity index (χ0v) is 12.0. The van der Waals surface area contributed by atoms with Gasteiger partial charge in [-0.2, -0.15) is 0 Å². The molecule has 0 saturated heterocycles. The van der Waals surface area contributed by atoms with Crippen LogP contribution in [0.3, 0.4) is 0 Å². The molecule has 2 rings (SSSR count). The van der Waals surface area contributed by atoms with Crippen molar-refractivity contribution in [3.05, 3.63) is 40.5 Å². The van der Waals surface area contributed by atoms with E-state index in [0.717, 1.165) is 27.8 Å². The fraction of sp³-hybridized carbons (Fsp3) is 0.214. The van der Waals surface area contributed by atoms with Crippen LogP contribution in [-0.4, -0.2) is 10.9 Å². The van der Waals surface area contributed by atoms with Gasteiger partial charge in [-0.1, -0.05) is 13.0 Å². The van der Waals surface area contributed by atoms with Gasteiger partial charge in [0.1, 0.15) is 0 Å². The van der Waals surface area contributed by atoms with Gasteiger partial charge in [-0.3, -0.25) is 4.79 Å². The van der Waals surface area contributed by atoms with Crippen molar-refractivity contribution in [1.29, 1.82) is 0 Å². The van der Waals surface area contributed by atoms with Crippen LogP contribution in [0.1, 0.15) is 19.4 Å². The lowest BCUT2D eigenvalue weighted by Gasteiger charge is -2.06. The lowest BCUT2D eigenvalue weighted by molar-refractivity contribution is -0.114. The summed E-state index contributed by atoms with van der Waals surface area (Å²) in [6.45, 7) is 3.63. The van der Waals surface area contributed by atoms with Gasteiger partial charge in [-0.05, 0) is 51.7 Å². The predicted octanol–water partition coefficient (Wildman–Crippen LogP) is 3.97. The number of amides is 1. The van der Waals surface area contributed by atoms with E-state index < -0.39 is 0 Å². The highest BCUT2D eigenvalue weighted by atomic mass is 79.9. The van der Waals surface area contributed by atoms with Crippen LogP contribution < -0.4 is 5.32 Å². The lowest BCUT2D eigenvalue weighted by Crippen LogP contribution is -2.06. The van der Waals surface area contributed by atoms with Crippen molar-refractivity contribution in [3.8, 4) is 11.3 Å². The molecule has 1 amide bonds. The van der Waals surface area contributed by atoms with E-state index in [1.807, 2.05) is 24.4 Å². The summed E-state index contributed by atoms with van der Waals surface area (Å²) in [6, 6.07) is 8.02. The molecule has 1 heterocycles. The van der Waals surface area contributed by atoms with Crippen LogP contribution >= 0.6 is 15.9 Å². The SMILES string of the molecule is CCc1c[nH]c(-c2ccc(NC(C)=O)c(Br)c2)c1. The first kappa shape index (κ1) is 12.9. The Morgan fingerprint density at radius 2 is 2.17 bits per heavy atom. The zero-order chi connectivity index (χ0) is 13.1. The first-order chi connectivity index (χ1) is 8.60. The predicted molar refractivity (Wildman–Crippen MR) is 77.6 cm³/mol. The van der Waals surface area contributed by atoms with Gasteiger partial charge < -0.3 is 10.3 Å². The van der Waals surface area contributed by atoms with Gasteiger partial charge in [0.2, 0.25) is 5.91 Å². The summed E-state index contributed by atoms with van der Waals surface area (Å²) in [6.07, 6.45) is 3.03. The van der Waals surface area contributed by atoms with Crippen LogP contribution in [0, 0.1) is 0 Å². The molecule has 1 aromatic carbocycles. The summed E-state index contributed by atoms with van der Waals surface area (Å²) in [5.74, 6) is -0.0726. The highest BCUT2D eigenvalue weighted by Crippen LogP contribution is 2.29. The van der Waals surface area contributed by atoms with Crippen LogP contribution in [0.2, 0.25) is 0 Å². The standard InChI is InChI=1S/C14H15BrN2O/c1-3-10-6-14(16-8-10)11-4-5-13(12(15)7-11)17-9(2)18/h4-8,16H,3H2,1-2H3,(H,17,18). The summed E-state index contributed by atoms with van der Waals surface area (Å²) < 4.78 is 0.878. The van der Waals surface area contributed by atoms with Crippen LogP contribution in [0.5, 0.6) is 0 Å². The minimum atomic E-state index is -0.0726. The summed E-state index contributed by atoms with van der Waals surface area (Å²) in [5, 5.41) is 2.77. The maximum absolute atomic E-state index is 11.0. The number of carbonyl (C=O) groups is 1. The molecule has 0 saturated carbocycles. The van der Waals surface area contributed by atoms with Gasteiger partial charge in [0.05, 0.1) is 5.69 Å². The number of halogens is 1. The Balaban J connectivity index is 2.30. The molecule has 0 fully saturated rings. The molecule has 0 atom stereocenters. The van der Waals surface area contributed by atoms with Crippen molar-refractivity contribution in [1.82, 2.24) is 4.98 Å². The number of aromatic amines is 1. The average molecular weight is 307 g/mol. The Hall–Kier alpha value is -1.55. The van der Waals surface area contributed by atoms with Crippen molar-refractivity contribution in [2.75, 3.05) is 5.32 Å². The molecular formula is C14H15BrN2O. The third-order valence-electron chi connectivity index (χ3n) is 2.74. The molecule has 0 unspecified atom stereocenters. The fourth-order valence-electron chi connectivity index (χ4n) is 1.78. The summed E-state index contributed by atoms with van der Waals surface area (Å²) in [5.41, 5.74) is 4.25.